The molecular formula is C45H31N5. The summed E-state index contributed by atoms with van der Waals surface area (Å²) in [5.41, 5.74) is 10.0. The van der Waals surface area contributed by atoms with Crippen molar-refractivity contribution in [3.05, 3.63) is 193 Å². The molecule has 1 aliphatic rings. The van der Waals surface area contributed by atoms with Crippen LogP contribution >= 0.6 is 0 Å². The first-order valence-corrected chi connectivity index (χ1v) is 17.0. The molecule has 2 aromatic heterocycles. The van der Waals surface area contributed by atoms with E-state index in [1.54, 1.807) is 0 Å². The van der Waals surface area contributed by atoms with Crippen LogP contribution in [0.25, 0.3) is 55.0 Å². The predicted molar refractivity (Wildman–Crippen MR) is 207 cm³/mol. The van der Waals surface area contributed by atoms with Gasteiger partial charge in [0.25, 0.3) is 0 Å². The van der Waals surface area contributed by atoms with Gasteiger partial charge in [-0.05, 0) is 42.5 Å². The van der Waals surface area contributed by atoms with Crippen LogP contribution in [0.5, 0.6) is 0 Å². The summed E-state index contributed by atoms with van der Waals surface area (Å²) in [7, 11) is 0. The summed E-state index contributed by atoms with van der Waals surface area (Å²) < 4.78 is 4.82. The van der Waals surface area contributed by atoms with Crippen molar-refractivity contribution in [3.63, 3.8) is 0 Å². The summed E-state index contributed by atoms with van der Waals surface area (Å²) in [6, 6.07) is 62.0. The molecule has 5 nitrogen and oxygen atoms in total. The average molecular weight is 642 g/mol. The van der Waals surface area contributed by atoms with Crippen molar-refractivity contribution in [2.45, 2.75) is 6.17 Å². The fraction of sp³-hybridized carbons (Fsp3) is 0.0222. The third-order valence-corrected chi connectivity index (χ3v) is 9.74. The highest BCUT2D eigenvalue weighted by atomic mass is 15.2. The number of hydrogen-bond donors (Lipinski definition) is 1. The minimum Gasteiger partial charge on any atom is -0.324 e. The quantitative estimate of drug-likeness (QED) is 0.200. The molecule has 0 spiro atoms. The zero-order valence-electron chi connectivity index (χ0n) is 27.1. The van der Waals surface area contributed by atoms with Crippen molar-refractivity contribution < 1.29 is 0 Å². The first-order chi connectivity index (χ1) is 24.8. The molecule has 1 aliphatic heterocycles. The monoisotopic (exact) mass is 641 g/mol. The Hall–Kier alpha value is -6.72. The van der Waals surface area contributed by atoms with Gasteiger partial charge in [-0.25, -0.2) is 9.98 Å². The van der Waals surface area contributed by atoms with Gasteiger partial charge >= 0.3 is 0 Å². The maximum atomic E-state index is 5.16. The van der Waals surface area contributed by atoms with E-state index in [2.05, 4.69) is 154 Å². The van der Waals surface area contributed by atoms with E-state index in [9.17, 15) is 0 Å². The van der Waals surface area contributed by atoms with Crippen LogP contribution in [0.15, 0.2) is 186 Å². The van der Waals surface area contributed by atoms with Gasteiger partial charge in [0.1, 0.15) is 11.7 Å². The van der Waals surface area contributed by atoms with Gasteiger partial charge in [-0.3, -0.25) is 0 Å². The van der Waals surface area contributed by atoms with Gasteiger partial charge in [0, 0.05) is 49.6 Å². The van der Waals surface area contributed by atoms with Gasteiger partial charge in [0.05, 0.1) is 22.1 Å². The number of fused-ring (bicyclic) bond motifs is 7. The molecule has 3 heterocycles. The lowest BCUT2D eigenvalue weighted by Gasteiger charge is -2.22. The van der Waals surface area contributed by atoms with Crippen LogP contribution in [0.2, 0.25) is 0 Å². The molecule has 0 saturated carbocycles. The van der Waals surface area contributed by atoms with Gasteiger partial charge in [-0.2, -0.15) is 0 Å². The van der Waals surface area contributed by atoms with Crippen molar-refractivity contribution in [1.82, 2.24) is 14.5 Å². The van der Waals surface area contributed by atoms with E-state index < -0.39 is 6.17 Å². The number of hydrogen-bond acceptors (Lipinski definition) is 3. The Morgan fingerprint density at radius 2 is 0.980 bits per heavy atom. The molecule has 10 rings (SSSR count). The number of para-hydroxylation sites is 3. The van der Waals surface area contributed by atoms with Crippen LogP contribution in [0.3, 0.4) is 0 Å². The van der Waals surface area contributed by atoms with Crippen LogP contribution in [0.4, 0.5) is 0 Å². The number of benzene rings is 7. The Balaban J connectivity index is 1.21. The Kier molecular flexibility index (Phi) is 6.49. The number of nitrogens with one attached hydrogen (secondary N) is 1. The molecule has 7 aromatic carbocycles. The molecule has 0 atom stereocenters. The highest BCUT2D eigenvalue weighted by Crippen LogP contribution is 2.42. The smallest absolute Gasteiger partial charge is 0.169 e. The summed E-state index contributed by atoms with van der Waals surface area (Å²) in [6.07, 6.45) is -0.415. The summed E-state index contributed by atoms with van der Waals surface area (Å²) >= 11 is 0. The average Bonchev–Trinajstić information content (AvgIpc) is 3.72. The SMILES string of the molecule is c1ccc(C2=NC(c3cccc(-n4c5ccccc5c5c4ccc4c6ccccc6n(-c6ccccc6)c45)c3)N=C(c3ccccc3)N2)cc1. The standard InChI is InChI=1S/C45H31N5/c1-4-15-30(16-5-1)43-46-44(31-17-6-2-7-18-31)48-45(47-43)32-19-14-22-34(29-32)49-39-26-13-11-24-37(39)41-40(49)28-27-36-35-23-10-12-25-38(35)50(42(36)41)33-20-8-3-9-21-33/h1-29,45H,(H,46,47,48). The molecule has 0 aliphatic carbocycles. The second-order valence-electron chi connectivity index (χ2n) is 12.7. The molecule has 0 fully saturated rings. The van der Waals surface area contributed by atoms with Crippen molar-refractivity contribution >= 4 is 55.3 Å². The molecule has 0 radical (unpaired) electrons. The minimum absolute atomic E-state index is 0.415. The molecular weight excluding hydrogens is 611 g/mol. The number of amidine groups is 2. The lowest BCUT2D eigenvalue weighted by Crippen LogP contribution is -2.36. The van der Waals surface area contributed by atoms with Crippen LogP contribution in [-0.4, -0.2) is 20.8 Å². The molecule has 1 N–H and O–H groups in total. The van der Waals surface area contributed by atoms with Gasteiger partial charge in [0.15, 0.2) is 6.17 Å². The van der Waals surface area contributed by atoms with E-state index in [4.69, 9.17) is 9.98 Å². The number of nitrogens with zero attached hydrogens (tertiary/aromatic N) is 4. The summed E-state index contributed by atoms with van der Waals surface area (Å²) in [5, 5.41) is 8.46. The van der Waals surface area contributed by atoms with Crippen LogP contribution in [-0.2, 0) is 0 Å². The fourth-order valence-corrected chi connectivity index (χ4v) is 7.54. The third kappa shape index (κ3) is 4.48. The summed E-state index contributed by atoms with van der Waals surface area (Å²) in [6.45, 7) is 0. The van der Waals surface area contributed by atoms with Crippen LogP contribution in [0, 0.1) is 0 Å². The highest BCUT2D eigenvalue weighted by molar-refractivity contribution is 6.26. The third-order valence-electron chi connectivity index (χ3n) is 9.74. The topological polar surface area (TPSA) is 46.6 Å². The van der Waals surface area contributed by atoms with Crippen molar-refractivity contribution in [2.24, 2.45) is 9.98 Å². The number of aliphatic imine (C=N–C) groups is 2. The zero-order chi connectivity index (χ0) is 33.0. The van der Waals surface area contributed by atoms with Crippen molar-refractivity contribution in [2.75, 3.05) is 0 Å². The minimum atomic E-state index is -0.415. The van der Waals surface area contributed by atoms with E-state index in [-0.39, 0.29) is 0 Å². The molecule has 0 unspecified atom stereocenters. The number of rotatable bonds is 5. The summed E-state index contributed by atoms with van der Waals surface area (Å²) in [5.74, 6) is 1.62. The van der Waals surface area contributed by atoms with E-state index in [1.807, 2.05) is 36.4 Å². The van der Waals surface area contributed by atoms with Crippen LogP contribution < -0.4 is 5.32 Å². The molecule has 0 amide bonds. The maximum absolute atomic E-state index is 5.16. The normalized spacial score (nSPS) is 13.5. The molecule has 50 heavy (non-hydrogen) atoms. The molecule has 9 aromatic rings. The van der Waals surface area contributed by atoms with Gasteiger partial charge < -0.3 is 14.5 Å². The van der Waals surface area contributed by atoms with E-state index in [1.165, 1.54) is 32.6 Å². The van der Waals surface area contributed by atoms with Gasteiger partial charge in [0.2, 0.25) is 0 Å². The van der Waals surface area contributed by atoms with Crippen molar-refractivity contribution in [3.8, 4) is 11.4 Å². The van der Waals surface area contributed by atoms with Gasteiger partial charge in [-0.15, -0.1) is 0 Å². The van der Waals surface area contributed by atoms with E-state index >= 15 is 0 Å². The maximum Gasteiger partial charge on any atom is 0.169 e. The lowest BCUT2D eigenvalue weighted by atomic mass is 10.1. The summed E-state index contributed by atoms with van der Waals surface area (Å²) in [4.78, 5) is 10.3. The van der Waals surface area contributed by atoms with E-state index in [0.717, 1.165) is 50.8 Å². The molecule has 0 saturated heterocycles. The van der Waals surface area contributed by atoms with Crippen molar-refractivity contribution in [1.29, 1.82) is 0 Å². The lowest BCUT2D eigenvalue weighted by molar-refractivity contribution is 0.755. The zero-order valence-corrected chi connectivity index (χ0v) is 27.1. The first-order valence-electron chi connectivity index (χ1n) is 17.0. The largest absolute Gasteiger partial charge is 0.324 e. The van der Waals surface area contributed by atoms with Gasteiger partial charge in [-0.1, -0.05) is 133 Å². The fourth-order valence-electron chi connectivity index (χ4n) is 7.54. The molecule has 236 valence electrons. The Morgan fingerprint density at radius 3 is 1.66 bits per heavy atom. The Labute approximate surface area is 289 Å². The Bertz CT molecular complexity index is 2720. The molecule has 0 bridgehead atoms. The highest BCUT2D eigenvalue weighted by Gasteiger charge is 2.23. The Morgan fingerprint density at radius 1 is 0.420 bits per heavy atom. The van der Waals surface area contributed by atoms with Crippen LogP contribution in [0.1, 0.15) is 22.9 Å². The number of aromatic nitrogens is 2. The van der Waals surface area contributed by atoms with E-state index in [0.29, 0.717) is 0 Å². The predicted octanol–water partition coefficient (Wildman–Crippen LogP) is 10.4. The second-order valence-corrected chi connectivity index (χ2v) is 12.7. The second kappa shape index (κ2) is 11.5. The first kappa shape index (κ1) is 28.3. The molecule has 5 heteroatoms.